The van der Waals surface area contributed by atoms with Crippen molar-refractivity contribution in [3.8, 4) is 0 Å². The van der Waals surface area contributed by atoms with E-state index in [1.807, 2.05) is 26.0 Å². The lowest BCUT2D eigenvalue weighted by Crippen LogP contribution is -2.18. The summed E-state index contributed by atoms with van der Waals surface area (Å²) in [5.74, 6) is -0.553. The van der Waals surface area contributed by atoms with Gasteiger partial charge in [0.05, 0.1) is 26.2 Å². The van der Waals surface area contributed by atoms with Crippen LogP contribution in [0, 0.1) is 20.8 Å². The maximum atomic E-state index is 13.2. The number of halogens is 1. The van der Waals surface area contributed by atoms with Gasteiger partial charge in [-0.05, 0) is 86.5 Å². The summed E-state index contributed by atoms with van der Waals surface area (Å²) in [5.41, 5.74) is 3.41. The van der Waals surface area contributed by atoms with Gasteiger partial charge in [0.25, 0.3) is 26.0 Å². The van der Waals surface area contributed by atoms with E-state index in [0.29, 0.717) is 16.9 Å². The van der Waals surface area contributed by atoms with Crippen molar-refractivity contribution in [1.82, 2.24) is 0 Å². The highest BCUT2D eigenvalue weighted by Crippen LogP contribution is 2.26. The topological polar surface area (TPSA) is 121 Å². The number of hydrogen-bond donors (Lipinski definition) is 3. The van der Waals surface area contributed by atoms with Crippen LogP contribution in [0.4, 0.5) is 17.1 Å². The van der Waals surface area contributed by atoms with Crippen molar-refractivity contribution in [2.24, 2.45) is 0 Å². The molecule has 39 heavy (non-hydrogen) atoms. The molecule has 4 rings (SSSR count). The highest BCUT2D eigenvalue weighted by atomic mass is 35.5. The van der Waals surface area contributed by atoms with Crippen LogP contribution in [0.5, 0.6) is 0 Å². The van der Waals surface area contributed by atoms with Crippen LogP contribution in [0.3, 0.4) is 0 Å². The molecular formula is C28H26ClN3O5S2. The van der Waals surface area contributed by atoms with Crippen molar-refractivity contribution < 1.29 is 21.6 Å². The normalized spacial score (nSPS) is 11.6. The van der Waals surface area contributed by atoms with E-state index in [0.717, 1.165) is 11.1 Å². The largest absolute Gasteiger partial charge is 0.322 e. The standard InChI is InChI=1S/C28H26ClN3O5S2/c1-18-8-15-25(20(3)16-18)31-39(36,37)27-17-21(10-9-19(27)2)28(33)30-22-11-13-23(14-12-22)38(34,35)32-26-7-5-4-6-24(26)29/h4-17,31-32H,1-3H3,(H,30,33). The molecule has 11 heteroatoms. The van der Waals surface area contributed by atoms with Crippen molar-refractivity contribution >= 4 is 54.6 Å². The van der Waals surface area contributed by atoms with Gasteiger partial charge in [-0.3, -0.25) is 14.2 Å². The molecule has 0 atom stereocenters. The first-order valence-corrected chi connectivity index (χ1v) is 15.1. The van der Waals surface area contributed by atoms with Crippen molar-refractivity contribution in [2.45, 2.75) is 30.6 Å². The lowest BCUT2D eigenvalue weighted by Gasteiger charge is -2.14. The maximum Gasteiger partial charge on any atom is 0.262 e. The van der Waals surface area contributed by atoms with Gasteiger partial charge < -0.3 is 5.32 Å². The number of rotatable bonds is 8. The van der Waals surface area contributed by atoms with Crippen LogP contribution in [-0.2, 0) is 20.0 Å². The monoisotopic (exact) mass is 583 g/mol. The number of para-hydroxylation sites is 1. The van der Waals surface area contributed by atoms with Crippen molar-refractivity contribution in [1.29, 1.82) is 0 Å². The molecule has 4 aromatic rings. The Balaban J connectivity index is 1.51. The van der Waals surface area contributed by atoms with Crippen molar-refractivity contribution in [2.75, 3.05) is 14.8 Å². The van der Waals surface area contributed by atoms with E-state index in [4.69, 9.17) is 11.6 Å². The Labute approximate surface area is 233 Å². The second-order valence-electron chi connectivity index (χ2n) is 8.97. The molecule has 0 saturated heterocycles. The zero-order chi connectivity index (χ0) is 28.4. The predicted molar refractivity (Wildman–Crippen MR) is 155 cm³/mol. The minimum absolute atomic E-state index is 0.0257. The number of benzene rings is 4. The number of hydrogen-bond acceptors (Lipinski definition) is 5. The zero-order valence-electron chi connectivity index (χ0n) is 21.3. The van der Waals surface area contributed by atoms with E-state index >= 15 is 0 Å². The second kappa shape index (κ2) is 11.1. The fourth-order valence-electron chi connectivity index (χ4n) is 3.83. The molecule has 0 aliphatic heterocycles. The minimum Gasteiger partial charge on any atom is -0.322 e. The van der Waals surface area contributed by atoms with Crippen LogP contribution < -0.4 is 14.8 Å². The molecule has 0 aliphatic rings. The summed E-state index contributed by atoms with van der Waals surface area (Å²) in [5, 5.41) is 2.93. The van der Waals surface area contributed by atoms with Gasteiger partial charge in [0.2, 0.25) is 0 Å². The summed E-state index contributed by atoms with van der Waals surface area (Å²) in [6, 6.07) is 21.8. The highest BCUT2D eigenvalue weighted by Gasteiger charge is 2.21. The van der Waals surface area contributed by atoms with Crippen molar-refractivity contribution in [3.63, 3.8) is 0 Å². The third-order valence-electron chi connectivity index (χ3n) is 5.91. The summed E-state index contributed by atoms with van der Waals surface area (Å²) in [6.07, 6.45) is 0. The molecule has 0 heterocycles. The molecule has 0 unspecified atom stereocenters. The third kappa shape index (κ3) is 6.59. The molecule has 202 valence electrons. The van der Waals surface area contributed by atoms with Gasteiger partial charge in [-0.25, -0.2) is 16.8 Å². The molecule has 8 nitrogen and oxygen atoms in total. The van der Waals surface area contributed by atoms with Crippen LogP contribution in [0.2, 0.25) is 5.02 Å². The second-order valence-corrected chi connectivity index (χ2v) is 12.7. The number of carbonyl (C=O) groups is 1. The maximum absolute atomic E-state index is 13.2. The van der Waals surface area contributed by atoms with Crippen LogP contribution in [0.1, 0.15) is 27.0 Å². The Morgan fingerprint density at radius 3 is 2.03 bits per heavy atom. The van der Waals surface area contributed by atoms with Gasteiger partial charge in [0.1, 0.15) is 0 Å². The first-order chi connectivity index (χ1) is 18.4. The lowest BCUT2D eigenvalue weighted by atomic mass is 10.1. The molecule has 0 saturated carbocycles. The van der Waals surface area contributed by atoms with Gasteiger partial charge in [-0.1, -0.05) is 47.5 Å². The predicted octanol–water partition coefficient (Wildman–Crippen LogP) is 6.12. The summed E-state index contributed by atoms with van der Waals surface area (Å²) < 4.78 is 56.8. The van der Waals surface area contributed by atoms with E-state index in [2.05, 4.69) is 14.8 Å². The van der Waals surface area contributed by atoms with Gasteiger partial charge in [0, 0.05) is 11.3 Å². The summed E-state index contributed by atoms with van der Waals surface area (Å²) in [7, 11) is -7.88. The van der Waals surface area contributed by atoms with Crippen molar-refractivity contribution in [3.05, 3.63) is 112 Å². The Bertz CT molecular complexity index is 1770. The van der Waals surface area contributed by atoms with Crippen LogP contribution >= 0.6 is 11.6 Å². The smallest absolute Gasteiger partial charge is 0.262 e. The van der Waals surface area contributed by atoms with Gasteiger partial charge in [-0.2, -0.15) is 0 Å². The molecule has 0 aliphatic carbocycles. The quantitative estimate of drug-likeness (QED) is 0.231. The minimum atomic E-state index is -3.97. The molecule has 4 aromatic carbocycles. The molecule has 0 fully saturated rings. The molecule has 3 N–H and O–H groups in total. The Morgan fingerprint density at radius 1 is 0.692 bits per heavy atom. The third-order valence-corrected chi connectivity index (χ3v) is 9.13. The SMILES string of the molecule is Cc1ccc(NS(=O)(=O)c2cc(C(=O)Nc3ccc(S(=O)(=O)Nc4ccccc4Cl)cc3)ccc2C)c(C)c1. The molecule has 0 aromatic heterocycles. The van der Waals surface area contributed by atoms with Crippen LogP contribution in [0.25, 0.3) is 0 Å². The molecule has 0 radical (unpaired) electrons. The van der Waals surface area contributed by atoms with Gasteiger partial charge in [-0.15, -0.1) is 0 Å². The van der Waals surface area contributed by atoms with E-state index in [1.54, 1.807) is 43.3 Å². The first kappa shape index (κ1) is 28.2. The highest BCUT2D eigenvalue weighted by molar-refractivity contribution is 7.93. The lowest BCUT2D eigenvalue weighted by molar-refractivity contribution is 0.102. The number of aryl methyl sites for hydroxylation is 3. The molecule has 1 amide bonds. The number of carbonyl (C=O) groups excluding carboxylic acids is 1. The molecule has 0 bridgehead atoms. The zero-order valence-corrected chi connectivity index (χ0v) is 23.7. The Morgan fingerprint density at radius 2 is 1.36 bits per heavy atom. The van der Waals surface area contributed by atoms with Crippen LogP contribution in [0.15, 0.2) is 94.7 Å². The average molecular weight is 584 g/mol. The number of amides is 1. The first-order valence-electron chi connectivity index (χ1n) is 11.8. The summed E-state index contributed by atoms with van der Waals surface area (Å²) >= 11 is 6.04. The summed E-state index contributed by atoms with van der Waals surface area (Å²) in [4.78, 5) is 12.9. The summed E-state index contributed by atoms with van der Waals surface area (Å²) in [6.45, 7) is 5.38. The van der Waals surface area contributed by atoms with E-state index in [-0.39, 0.29) is 26.1 Å². The average Bonchev–Trinajstić information content (AvgIpc) is 2.87. The Hall–Kier alpha value is -3.86. The van der Waals surface area contributed by atoms with E-state index < -0.39 is 26.0 Å². The number of sulfonamides is 2. The fourth-order valence-corrected chi connectivity index (χ4v) is 6.55. The fraction of sp³-hybridized carbons (Fsp3) is 0.107. The molecular weight excluding hydrogens is 558 g/mol. The molecule has 0 spiro atoms. The number of anilines is 3. The van der Waals surface area contributed by atoms with E-state index in [1.165, 1.54) is 36.4 Å². The van der Waals surface area contributed by atoms with Gasteiger partial charge >= 0.3 is 0 Å². The van der Waals surface area contributed by atoms with Gasteiger partial charge in [0.15, 0.2) is 0 Å². The van der Waals surface area contributed by atoms with Crippen LogP contribution in [-0.4, -0.2) is 22.7 Å². The number of nitrogens with one attached hydrogen (secondary N) is 3. The Kier molecular flexibility index (Phi) is 8.01. The van der Waals surface area contributed by atoms with E-state index in [9.17, 15) is 21.6 Å².